The molecule has 0 aromatic heterocycles. The van der Waals surface area contributed by atoms with Crippen molar-refractivity contribution >= 4 is 51.2 Å². The predicted molar refractivity (Wildman–Crippen MR) is 80.6 cm³/mol. The molecule has 1 rings (SSSR count). The van der Waals surface area contributed by atoms with Crippen molar-refractivity contribution in [3.8, 4) is 0 Å². The molecule has 0 saturated carbocycles. The SMILES string of the molecule is CC(=O)NC(CSCc1ccc(Br)cc1Cl)C(=O)O. The van der Waals surface area contributed by atoms with Gasteiger partial charge in [-0.3, -0.25) is 4.79 Å². The summed E-state index contributed by atoms with van der Waals surface area (Å²) in [6, 6.07) is 4.68. The van der Waals surface area contributed by atoms with Crippen molar-refractivity contribution < 1.29 is 14.7 Å². The normalized spacial score (nSPS) is 11.9. The van der Waals surface area contributed by atoms with Crippen LogP contribution in [0.3, 0.4) is 0 Å². The van der Waals surface area contributed by atoms with Gasteiger partial charge in [0.15, 0.2) is 0 Å². The number of halogens is 2. The molecular formula is C12H13BrClNO3S. The van der Waals surface area contributed by atoms with Crippen molar-refractivity contribution in [2.24, 2.45) is 0 Å². The smallest absolute Gasteiger partial charge is 0.327 e. The maximum Gasteiger partial charge on any atom is 0.327 e. The number of nitrogens with one attached hydrogen (secondary N) is 1. The molecule has 0 fully saturated rings. The first kappa shape index (κ1) is 16.3. The Bertz CT molecular complexity index is 484. The number of thioether (sulfide) groups is 1. The molecule has 0 radical (unpaired) electrons. The van der Waals surface area contributed by atoms with Gasteiger partial charge in [0.25, 0.3) is 0 Å². The van der Waals surface area contributed by atoms with Crippen molar-refractivity contribution in [1.82, 2.24) is 5.32 Å². The van der Waals surface area contributed by atoms with Gasteiger partial charge in [-0.2, -0.15) is 11.8 Å². The van der Waals surface area contributed by atoms with E-state index in [1.165, 1.54) is 18.7 Å². The van der Waals surface area contributed by atoms with Crippen molar-refractivity contribution in [1.29, 1.82) is 0 Å². The van der Waals surface area contributed by atoms with Gasteiger partial charge in [-0.25, -0.2) is 4.79 Å². The lowest BCUT2D eigenvalue weighted by Gasteiger charge is -2.13. The van der Waals surface area contributed by atoms with Crippen LogP contribution in [0.4, 0.5) is 0 Å². The third-order valence-corrected chi connectivity index (χ3v) is 4.16. The summed E-state index contributed by atoms with van der Waals surface area (Å²) in [5, 5.41) is 12.0. The summed E-state index contributed by atoms with van der Waals surface area (Å²) >= 11 is 10.8. The van der Waals surface area contributed by atoms with Crippen LogP contribution in [0, 0.1) is 0 Å². The largest absolute Gasteiger partial charge is 0.480 e. The van der Waals surface area contributed by atoms with Crippen LogP contribution in [-0.2, 0) is 15.3 Å². The highest BCUT2D eigenvalue weighted by Crippen LogP contribution is 2.25. The van der Waals surface area contributed by atoms with Crippen molar-refractivity contribution in [2.45, 2.75) is 18.7 Å². The zero-order chi connectivity index (χ0) is 14.4. The summed E-state index contributed by atoms with van der Waals surface area (Å²) in [6.45, 7) is 1.30. The Morgan fingerprint density at radius 3 is 2.74 bits per heavy atom. The first-order valence-corrected chi connectivity index (χ1v) is 7.74. The Labute approximate surface area is 129 Å². The van der Waals surface area contributed by atoms with Gasteiger partial charge >= 0.3 is 5.97 Å². The molecule has 0 aliphatic carbocycles. The van der Waals surface area contributed by atoms with Crippen LogP contribution in [0.25, 0.3) is 0 Å². The standard InChI is InChI=1S/C12H13BrClNO3S/c1-7(16)15-11(12(17)18)6-19-5-8-2-3-9(13)4-10(8)14/h2-4,11H,5-6H2,1H3,(H,15,16)(H,17,18). The maximum atomic E-state index is 10.9. The van der Waals surface area contributed by atoms with Gasteiger partial charge < -0.3 is 10.4 Å². The van der Waals surface area contributed by atoms with Gasteiger partial charge in [-0.1, -0.05) is 33.6 Å². The second-order valence-corrected chi connectivity index (χ2v) is 6.20. The molecule has 0 aliphatic rings. The summed E-state index contributed by atoms with van der Waals surface area (Å²) in [4.78, 5) is 21.8. The average molecular weight is 367 g/mol. The number of amides is 1. The molecule has 1 atom stereocenters. The lowest BCUT2D eigenvalue weighted by molar-refractivity contribution is -0.140. The first-order chi connectivity index (χ1) is 8.90. The predicted octanol–water partition coefficient (Wildman–Crippen LogP) is 2.93. The minimum atomic E-state index is -1.04. The van der Waals surface area contributed by atoms with E-state index in [4.69, 9.17) is 16.7 Å². The van der Waals surface area contributed by atoms with Gasteiger partial charge in [0.05, 0.1) is 0 Å². The van der Waals surface area contributed by atoms with Crippen LogP contribution in [0.2, 0.25) is 5.02 Å². The molecule has 19 heavy (non-hydrogen) atoms. The Morgan fingerprint density at radius 1 is 1.53 bits per heavy atom. The number of benzene rings is 1. The fourth-order valence-corrected chi connectivity index (χ4v) is 3.22. The molecule has 7 heteroatoms. The van der Waals surface area contributed by atoms with E-state index >= 15 is 0 Å². The molecule has 2 N–H and O–H groups in total. The molecule has 1 aromatic rings. The summed E-state index contributed by atoms with van der Waals surface area (Å²) in [5.74, 6) is -0.504. The molecule has 1 amide bonds. The molecular weight excluding hydrogens is 354 g/mol. The number of rotatable bonds is 6. The van der Waals surface area contributed by atoms with Crippen LogP contribution in [0.5, 0.6) is 0 Å². The van der Waals surface area contributed by atoms with E-state index < -0.39 is 12.0 Å². The molecule has 0 saturated heterocycles. The zero-order valence-corrected chi connectivity index (χ0v) is 13.3. The highest BCUT2D eigenvalue weighted by Gasteiger charge is 2.18. The van der Waals surface area contributed by atoms with E-state index in [1.54, 1.807) is 6.07 Å². The van der Waals surface area contributed by atoms with Crippen LogP contribution in [0.1, 0.15) is 12.5 Å². The second-order valence-electron chi connectivity index (χ2n) is 3.84. The van der Waals surface area contributed by atoms with Crippen molar-refractivity contribution in [3.05, 3.63) is 33.3 Å². The van der Waals surface area contributed by atoms with E-state index in [0.29, 0.717) is 16.5 Å². The monoisotopic (exact) mass is 365 g/mol. The lowest BCUT2D eigenvalue weighted by atomic mass is 10.2. The number of carbonyl (C=O) groups is 2. The third-order valence-electron chi connectivity index (χ3n) is 2.23. The van der Waals surface area contributed by atoms with Crippen molar-refractivity contribution in [3.63, 3.8) is 0 Å². The Morgan fingerprint density at radius 2 is 2.21 bits per heavy atom. The number of carboxylic acids is 1. The minimum absolute atomic E-state index is 0.293. The van der Waals surface area contributed by atoms with E-state index in [2.05, 4.69) is 21.2 Å². The number of carbonyl (C=O) groups excluding carboxylic acids is 1. The Hall–Kier alpha value is -0.720. The first-order valence-electron chi connectivity index (χ1n) is 5.41. The maximum absolute atomic E-state index is 10.9. The highest BCUT2D eigenvalue weighted by atomic mass is 79.9. The fraction of sp³-hybridized carbons (Fsp3) is 0.333. The molecule has 104 valence electrons. The minimum Gasteiger partial charge on any atom is -0.480 e. The van der Waals surface area contributed by atoms with Crippen LogP contribution in [-0.4, -0.2) is 28.8 Å². The third kappa shape index (κ3) is 5.84. The molecule has 4 nitrogen and oxygen atoms in total. The topological polar surface area (TPSA) is 66.4 Å². The van der Waals surface area contributed by atoms with Gasteiger partial charge in [-0.05, 0) is 17.7 Å². The molecule has 0 aliphatic heterocycles. The van der Waals surface area contributed by atoms with Crippen LogP contribution in [0.15, 0.2) is 22.7 Å². The summed E-state index contributed by atoms with van der Waals surface area (Å²) in [7, 11) is 0. The molecule has 0 heterocycles. The van der Waals surface area contributed by atoms with Gasteiger partial charge in [0.2, 0.25) is 5.91 Å². The number of carboxylic acid groups (broad SMARTS) is 1. The summed E-state index contributed by atoms with van der Waals surface area (Å²) < 4.78 is 0.896. The molecule has 1 aromatic carbocycles. The second kappa shape index (κ2) is 7.77. The van der Waals surface area contributed by atoms with E-state index in [-0.39, 0.29) is 5.91 Å². The Balaban J connectivity index is 2.52. The number of hydrogen-bond acceptors (Lipinski definition) is 3. The molecule has 1 unspecified atom stereocenters. The Kier molecular flexibility index (Phi) is 6.68. The van der Waals surface area contributed by atoms with Gasteiger partial charge in [-0.15, -0.1) is 0 Å². The average Bonchev–Trinajstić information content (AvgIpc) is 2.29. The van der Waals surface area contributed by atoms with Gasteiger partial charge in [0, 0.05) is 27.9 Å². The van der Waals surface area contributed by atoms with Crippen LogP contribution >= 0.6 is 39.3 Å². The van der Waals surface area contributed by atoms with Gasteiger partial charge in [0.1, 0.15) is 6.04 Å². The van der Waals surface area contributed by atoms with Crippen molar-refractivity contribution in [2.75, 3.05) is 5.75 Å². The molecule has 0 bridgehead atoms. The highest BCUT2D eigenvalue weighted by molar-refractivity contribution is 9.10. The zero-order valence-electron chi connectivity index (χ0n) is 10.2. The number of hydrogen-bond donors (Lipinski definition) is 2. The van der Waals surface area contributed by atoms with E-state index in [9.17, 15) is 9.59 Å². The fourth-order valence-electron chi connectivity index (χ4n) is 1.35. The molecule has 0 spiro atoms. The summed E-state index contributed by atoms with van der Waals surface area (Å²) in [5.41, 5.74) is 0.932. The van der Waals surface area contributed by atoms with E-state index in [1.807, 2.05) is 12.1 Å². The van der Waals surface area contributed by atoms with E-state index in [0.717, 1.165) is 10.0 Å². The number of aliphatic carboxylic acids is 1. The summed E-state index contributed by atoms with van der Waals surface area (Å²) in [6.07, 6.45) is 0. The quantitative estimate of drug-likeness (QED) is 0.812. The lowest BCUT2D eigenvalue weighted by Crippen LogP contribution is -2.41. The van der Waals surface area contributed by atoms with Crippen LogP contribution < -0.4 is 5.32 Å².